The number of H-pyrrole nitrogens is 1. The minimum absolute atomic E-state index is 0.0410. The zero-order valence-electron chi connectivity index (χ0n) is 9.19. The maximum absolute atomic E-state index is 13.4. The predicted octanol–water partition coefficient (Wildman–Crippen LogP) is 2.67. The van der Waals surface area contributed by atoms with Gasteiger partial charge in [-0.25, -0.2) is 4.39 Å². The third kappa shape index (κ3) is 2.47. The lowest BCUT2D eigenvalue weighted by atomic mass is 9.84. The fourth-order valence-corrected chi connectivity index (χ4v) is 1.70. The molecule has 0 fully saturated rings. The van der Waals surface area contributed by atoms with E-state index in [-0.39, 0.29) is 17.2 Å². The lowest BCUT2D eigenvalue weighted by molar-refractivity contribution is 0.342. The molecule has 0 aliphatic carbocycles. The van der Waals surface area contributed by atoms with Crippen molar-refractivity contribution in [2.45, 2.75) is 40.0 Å². The van der Waals surface area contributed by atoms with E-state index in [1.165, 1.54) is 0 Å². The molecule has 14 heavy (non-hydrogen) atoms. The molecule has 0 saturated carbocycles. The molecule has 0 aromatic carbocycles. The Kier molecular flexibility index (Phi) is 2.83. The van der Waals surface area contributed by atoms with Crippen molar-refractivity contribution >= 4 is 5.82 Å². The van der Waals surface area contributed by atoms with Crippen LogP contribution in [0.3, 0.4) is 0 Å². The van der Waals surface area contributed by atoms with Gasteiger partial charge in [-0.15, -0.1) is 0 Å². The van der Waals surface area contributed by atoms with Crippen LogP contribution in [0.4, 0.5) is 10.2 Å². The summed E-state index contributed by atoms with van der Waals surface area (Å²) in [6.45, 7) is 8.35. The number of anilines is 1. The molecule has 0 saturated heterocycles. The molecule has 80 valence electrons. The number of halogens is 1. The molecular formula is C10H18FN3. The monoisotopic (exact) mass is 199 g/mol. The van der Waals surface area contributed by atoms with Crippen molar-refractivity contribution in [2.24, 2.45) is 5.41 Å². The number of rotatable bonds is 2. The number of nitrogens with two attached hydrogens (primary N) is 1. The number of aromatic amines is 1. The Labute approximate surface area is 83.9 Å². The van der Waals surface area contributed by atoms with Crippen molar-refractivity contribution in [2.75, 3.05) is 5.73 Å². The third-order valence-corrected chi connectivity index (χ3v) is 2.17. The molecule has 0 spiro atoms. The predicted molar refractivity (Wildman–Crippen MR) is 55.4 cm³/mol. The van der Waals surface area contributed by atoms with Gasteiger partial charge in [0.2, 0.25) is 0 Å². The summed E-state index contributed by atoms with van der Waals surface area (Å²) < 4.78 is 13.4. The van der Waals surface area contributed by atoms with E-state index in [9.17, 15) is 4.39 Å². The van der Waals surface area contributed by atoms with Crippen LogP contribution in [-0.2, 0) is 0 Å². The number of hydrogen-bond donors (Lipinski definition) is 2. The number of nitrogens with one attached hydrogen (secondary N) is 1. The minimum atomic E-state index is -0.401. The maximum atomic E-state index is 13.4. The average Bonchev–Trinajstić information content (AvgIpc) is 2.29. The normalized spacial score (nSPS) is 14.4. The number of nitrogen functional groups attached to an aromatic ring is 1. The Morgan fingerprint density at radius 3 is 2.43 bits per heavy atom. The SMILES string of the molecule is CC(CC(C)(C)C)c1[nH]nc(N)c1F. The quantitative estimate of drug-likeness (QED) is 0.769. The second-order valence-electron chi connectivity index (χ2n) is 5.00. The Balaban J connectivity index is 2.80. The highest BCUT2D eigenvalue weighted by Gasteiger charge is 2.21. The van der Waals surface area contributed by atoms with Gasteiger partial charge in [-0.2, -0.15) is 5.10 Å². The molecule has 1 atom stereocenters. The molecule has 0 bridgehead atoms. The first-order valence-electron chi connectivity index (χ1n) is 4.80. The second kappa shape index (κ2) is 3.59. The molecule has 3 nitrogen and oxygen atoms in total. The van der Waals surface area contributed by atoms with Crippen LogP contribution in [0, 0.1) is 11.2 Å². The molecule has 1 heterocycles. The van der Waals surface area contributed by atoms with E-state index in [0.717, 1.165) is 6.42 Å². The standard InChI is InChI=1S/C10H18FN3/c1-6(5-10(2,3)4)8-7(11)9(12)14-13-8/h6H,5H2,1-4H3,(H3,12,13,14). The molecule has 0 aliphatic heterocycles. The molecular weight excluding hydrogens is 181 g/mol. The van der Waals surface area contributed by atoms with Crippen LogP contribution >= 0.6 is 0 Å². The van der Waals surface area contributed by atoms with E-state index in [4.69, 9.17) is 5.73 Å². The first kappa shape index (κ1) is 11.0. The van der Waals surface area contributed by atoms with Crippen molar-refractivity contribution in [3.05, 3.63) is 11.5 Å². The van der Waals surface area contributed by atoms with Gasteiger partial charge in [-0.05, 0) is 11.8 Å². The number of hydrogen-bond acceptors (Lipinski definition) is 2. The second-order valence-corrected chi connectivity index (χ2v) is 5.00. The Morgan fingerprint density at radius 1 is 1.50 bits per heavy atom. The van der Waals surface area contributed by atoms with E-state index in [2.05, 4.69) is 31.0 Å². The van der Waals surface area contributed by atoms with Gasteiger partial charge in [0.15, 0.2) is 11.6 Å². The van der Waals surface area contributed by atoms with Crippen LogP contribution in [-0.4, -0.2) is 10.2 Å². The molecule has 1 unspecified atom stereocenters. The molecule has 0 radical (unpaired) electrons. The summed E-state index contributed by atoms with van der Waals surface area (Å²) in [5.74, 6) is -0.331. The van der Waals surface area contributed by atoms with Gasteiger partial charge in [-0.1, -0.05) is 27.7 Å². The van der Waals surface area contributed by atoms with Gasteiger partial charge in [0.1, 0.15) is 0 Å². The van der Waals surface area contributed by atoms with E-state index in [1.54, 1.807) is 0 Å². The fourth-order valence-electron chi connectivity index (χ4n) is 1.70. The Hall–Kier alpha value is -1.06. The van der Waals surface area contributed by atoms with Gasteiger partial charge in [0, 0.05) is 5.92 Å². The van der Waals surface area contributed by atoms with Crippen molar-refractivity contribution < 1.29 is 4.39 Å². The minimum Gasteiger partial charge on any atom is -0.380 e. The smallest absolute Gasteiger partial charge is 0.187 e. The van der Waals surface area contributed by atoms with Crippen LogP contribution in [0.5, 0.6) is 0 Å². The molecule has 1 aromatic heterocycles. The van der Waals surface area contributed by atoms with Crippen LogP contribution in [0.1, 0.15) is 45.7 Å². The molecule has 0 amide bonds. The number of aromatic nitrogens is 2. The maximum Gasteiger partial charge on any atom is 0.187 e. The Morgan fingerprint density at radius 2 is 2.07 bits per heavy atom. The molecule has 1 aromatic rings. The van der Waals surface area contributed by atoms with Gasteiger partial charge < -0.3 is 5.73 Å². The van der Waals surface area contributed by atoms with Crippen LogP contribution in [0.2, 0.25) is 0 Å². The summed E-state index contributed by atoms with van der Waals surface area (Å²) in [6, 6.07) is 0. The van der Waals surface area contributed by atoms with Crippen molar-refractivity contribution in [3.63, 3.8) is 0 Å². The van der Waals surface area contributed by atoms with Gasteiger partial charge >= 0.3 is 0 Å². The van der Waals surface area contributed by atoms with E-state index >= 15 is 0 Å². The zero-order valence-corrected chi connectivity index (χ0v) is 9.19. The van der Waals surface area contributed by atoms with E-state index < -0.39 is 5.82 Å². The molecule has 1 rings (SSSR count). The first-order chi connectivity index (χ1) is 6.31. The summed E-state index contributed by atoms with van der Waals surface area (Å²) in [5, 5.41) is 6.29. The summed E-state index contributed by atoms with van der Waals surface area (Å²) in [4.78, 5) is 0. The lowest BCUT2D eigenvalue weighted by Gasteiger charge is -2.22. The number of nitrogens with zero attached hydrogens (tertiary/aromatic N) is 1. The molecule has 0 aliphatic rings. The van der Waals surface area contributed by atoms with Crippen molar-refractivity contribution in [1.82, 2.24) is 10.2 Å². The summed E-state index contributed by atoms with van der Waals surface area (Å²) >= 11 is 0. The summed E-state index contributed by atoms with van der Waals surface area (Å²) in [5.41, 5.74) is 6.01. The third-order valence-electron chi connectivity index (χ3n) is 2.17. The highest BCUT2D eigenvalue weighted by molar-refractivity contribution is 5.32. The fraction of sp³-hybridized carbons (Fsp3) is 0.700. The van der Waals surface area contributed by atoms with Crippen LogP contribution in [0.15, 0.2) is 0 Å². The first-order valence-corrected chi connectivity index (χ1v) is 4.80. The van der Waals surface area contributed by atoms with Gasteiger partial charge in [-0.3, -0.25) is 5.10 Å². The molecule has 4 heteroatoms. The summed E-state index contributed by atoms with van der Waals surface area (Å²) in [7, 11) is 0. The summed E-state index contributed by atoms with van der Waals surface area (Å²) in [6.07, 6.45) is 0.894. The van der Waals surface area contributed by atoms with Crippen LogP contribution in [0.25, 0.3) is 0 Å². The molecule has 3 N–H and O–H groups in total. The van der Waals surface area contributed by atoms with Crippen molar-refractivity contribution in [3.8, 4) is 0 Å². The average molecular weight is 199 g/mol. The van der Waals surface area contributed by atoms with Gasteiger partial charge in [0.05, 0.1) is 5.69 Å². The topological polar surface area (TPSA) is 54.7 Å². The zero-order chi connectivity index (χ0) is 10.9. The van der Waals surface area contributed by atoms with Crippen molar-refractivity contribution in [1.29, 1.82) is 0 Å². The highest BCUT2D eigenvalue weighted by atomic mass is 19.1. The highest BCUT2D eigenvalue weighted by Crippen LogP contribution is 2.31. The Bertz CT molecular complexity index is 312. The van der Waals surface area contributed by atoms with Gasteiger partial charge in [0.25, 0.3) is 0 Å². The van der Waals surface area contributed by atoms with Crippen LogP contribution < -0.4 is 5.73 Å². The lowest BCUT2D eigenvalue weighted by Crippen LogP contribution is -2.11. The van der Waals surface area contributed by atoms with E-state index in [1.807, 2.05) is 6.92 Å². The largest absolute Gasteiger partial charge is 0.380 e. The van der Waals surface area contributed by atoms with E-state index in [0.29, 0.717) is 5.69 Å².